The van der Waals surface area contributed by atoms with Crippen LogP contribution in [0.15, 0.2) is 30.5 Å². The number of aromatic hydroxyl groups is 1. The van der Waals surface area contributed by atoms with Gasteiger partial charge >= 0.3 is 6.18 Å². The molecular formula is C21H18ClF4N3O2. The summed E-state index contributed by atoms with van der Waals surface area (Å²) in [4.78, 5) is 8.36. The Morgan fingerprint density at radius 3 is 2.68 bits per heavy atom. The summed E-state index contributed by atoms with van der Waals surface area (Å²) >= 11 is 5.84. The molecule has 1 aromatic heterocycles. The van der Waals surface area contributed by atoms with Gasteiger partial charge in [0.1, 0.15) is 5.82 Å². The molecule has 0 saturated heterocycles. The summed E-state index contributed by atoms with van der Waals surface area (Å²) in [6.07, 6.45) is -4.34. The van der Waals surface area contributed by atoms with Crippen molar-refractivity contribution >= 4 is 28.2 Å². The van der Waals surface area contributed by atoms with Gasteiger partial charge in [0, 0.05) is 22.8 Å². The van der Waals surface area contributed by atoms with Crippen LogP contribution in [-0.4, -0.2) is 32.0 Å². The van der Waals surface area contributed by atoms with E-state index in [9.17, 15) is 27.8 Å². The molecule has 1 aliphatic carbocycles. The first kappa shape index (κ1) is 21.6. The fraction of sp³-hybridized carbons (Fsp3) is 0.333. The molecule has 3 atom stereocenters. The minimum atomic E-state index is -5.02. The number of aliphatic hydroxyl groups is 1. The van der Waals surface area contributed by atoms with Crippen molar-refractivity contribution in [2.75, 3.05) is 5.32 Å². The number of nitrogens with zero attached hydrogens (tertiary/aromatic N) is 2. The zero-order valence-corrected chi connectivity index (χ0v) is 17.2. The fourth-order valence-corrected chi connectivity index (χ4v) is 4.46. The van der Waals surface area contributed by atoms with Crippen molar-refractivity contribution in [2.24, 2.45) is 0 Å². The van der Waals surface area contributed by atoms with E-state index in [4.69, 9.17) is 11.6 Å². The van der Waals surface area contributed by atoms with E-state index in [0.29, 0.717) is 16.7 Å². The maximum absolute atomic E-state index is 14.2. The average molecular weight is 456 g/mol. The van der Waals surface area contributed by atoms with E-state index in [-0.39, 0.29) is 16.8 Å². The number of aromatic nitrogens is 2. The van der Waals surface area contributed by atoms with Crippen LogP contribution >= 0.6 is 11.6 Å². The molecule has 2 unspecified atom stereocenters. The first-order valence-electron chi connectivity index (χ1n) is 9.43. The maximum atomic E-state index is 14.2. The highest BCUT2D eigenvalue weighted by molar-refractivity contribution is 6.31. The van der Waals surface area contributed by atoms with Gasteiger partial charge in [-0.1, -0.05) is 24.6 Å². The minimum Gasteiger partial charge on any atom is -0.505 e. The second kappa shape index (κ2) is 7.20. The molecule has 0 saturated carbocycles. The third-order valence-electron chi connectivity index (χ3n) is 5.70. The number of hydrogen-bond donors (Lipinski definition) is 3. The van der Waals surface area contributed by atoms with Gasteiger partial charge in [0.2, 0.25) is 0 Å². The lowest BCUT2D eigenvalue weighted by Crippen LogP contribution is -2.55. The largest absolute Gasteiger partial charge is 0.505 e. The normalized spacial score (nSPS) is 23.6. The molecule has 3 aromatic rings. The average Bonchev–Trinajstić information content (AvgIpc) is 2.67. The number of alkyl halides is 3. The van der Waals surface area contributed by atoms with Crippen LogP contribution in [0.3, 0.4) is 0 Å². The second-order valence-corrected chi connectivity index (χ2v) is 8.19. The van der Waals surface area contributed by atoms with Crippen molar-refractivity contribution in [1.82, 2.24) is 9.97 Å². The van der Waals surface area contributed by atoms with Crippen molar-refractivity contribution in [2.45, 2.75) is 44.0 Å². The molecular weight excluding hydrogens is 438 g/mol. The molecule has 0 aliphatic heterocycles. The Morgan fingerprint density at radius 2 is 2.00 bits per heavy atom. The number of anilines is 1. The van der Waals surface area contributed by atoms with Crippen molar-refractivity contribution in [3.63, 3.8) is 0 Å². The lowest BCUT2D eigenvalue weighted by Gasteiger charge is -2.45. The highest BCUT2D eigenvalue weighted by atomic mass is 35.5. The molecule has 10 heteroatoms. The van der Waals surface area contributed by atoms with Gasteiger partial charge in [-0.15, -0.1) is 0 Å². The van der Waals surface area contributed by atoms with Gasteiger partial charge in [-0.25, -0.2) is 14.4 Å². The van der Waals surface area contributed by atoms with E-state index in [1.165, 1.54) is 19.2 Å². The van der Waals surface area contributed by atoms with Gasteiger partial charge < -0.3 is 15.5 Å². The number of hydrogen-bond acceptors (Lipinski definition) is 5. The molecule has 1 aliphatic rings. The van der Waals surface area contributed by atoms with Crippen molar-refractivity contribution in [1.29, 1.82) is 0 Å². The summed E-state index contributed by atoms with van der Waals surface area (Å²) in [5, 5.41) is 23.8. The Kier molecular flexibility index (Phi) is 5.01. The highest BCUT2D eigenvalue weighted by Crippen LogP contribution is 2.55. The lowest BCUT2D eigenvalue weighted by molar-refractivity contribution is -0.272. The Morgan fingerprint density at radius 1 is 1.29 bits per heavy atom. The Hall–Kier alpha value is -2.65. The van der Waals surface area contributed by atoms with E-state index in [1.54, 1.807) is 19.1 Å². The van der Waals surface area contributed by atoms with E-state index in [0.717, 1.165) is 6.07 Å². The third-order valence-corrected chi connectivity index (χ3v) is 5.98. The summed E-state index contributed by atoms with van der Waals surface area (Å²) in [5.74, 6) is -2.43. The van der Waals surface area contributed by atoms with Crippen molar-refractivity contribution in [3.8, 4) is 5.75 Å². The van der Waals surface area contributed by atoms with E-state index in [2.05, 4.69) is 15.3 Å². The number of rotatable bonds is 2. The molecule has 0 amide bonds. The summed E-state index contributed by atoms with van der Waals surface area (Å²) in [6.45, 7) is 3.06. The molecule has 1 heterocycles. The number of benzene rings is 2. The van der Waals surface area contributed by atoms with E-state index < -0.39 is 46.7 Å². The second-order valence-electron chi connectivity index (χ2n) is 7.78. The van der Waals surface area contributed by atoms with Crippen molar-refractivity contribution < 1.29 is 27.8 Å². The number of aryl methyl sites for hydroxylation is 1. The fourth-order valence-electron chi connectivity index (χ4n) is 4.25. The molecule has 4 rings (SSSR count). The van der Waals surface area contributed by atoms with Crippen LogP contribution in [-0.2, 0) is 0 Å². The Bertz CT molecular complexity index is 1190. The topological polar surface area (TPSA) is 78.3 Å². The van der Waals surface area contributed by atoms with Gasteiger partial charge in [0.05, 0.1) is 16.6 Å². The lowest BCUT2D eigenvalue weighted by atomic mass is 9.70. The minimum absolute atomic E-state index is 0.0272. The van der Waals surface area contributed by atoms with Gasteiger partial charge in [-0.2, -0.15) is 13.2 Å². The zero-order valence-electron chi connectivity index (χ0n) is 16.4. The van der Waals surface area contributed by atoms with Crippen LogP contribution in [0.4, 0.5) is 23.2 Å². The van der Waals surface area contributed by atoms with Crippen LogP contribution < -0.4 is 5.32 Å². The van der Waals surface area contributed by atoms with Crippen molar-refractivity contribution in [3.05, 3.63) is 58.3 Å². The van der Waals surface area contributed by atoms with E-state index >= 15 is 0 Å². The molecule has 0 fully saturated rings. The molecule has 164 valence electrons. The van der Waals surface area contributed by atoms with Gasteiger partial charge in [0.25, 0.3) is 0 Å². The zero-order chi connectivity index (χ0) is 22.7. The third kappa shape index (κ3) is 3.36. The van der Waals surface area contributed by atoms with Crippen LogP contribution in [0.5, 0.6) is 5.75 Å². The molecule has 0 radical (unpaired) electrons. The van der Waals surface area contributed by atoms with Gasteiger partial charge in [0.15, 0.2) is 17.2 Å². The molecule has 31 heavy (non-hydrogen) atoms. The Labute approximate surface area is 179 Å². The summed E-state index contributed by atoms with van der Waals surface area (Å²) < 4.78 is 56.5. The van der Waals surface area contributed by atoms with Gasteiger partial charge in [-0.05, 0) is 43.0 Å². The predicted molar refractivity (Wildman–Crippen MR) is 108 cm³/mol. The van der Waals surface area contributed by atoms with Crippen LogP contribution in [0, 0.1) is 12.7 Å². The quantitative estimate of drug-likeness (QED) is 0.451. The van der Waals surface area contributed by atoms with Crippen LogP contribution in [0.1, 0.15) is 42.3 Å². The predicted octanol–water partition coefficient (Wildman–Crippen LogP) is 5.39. The SMILES string of the molecule is Cc1ncc2c(NC3c4cc(Cl)c(F)c(O)c4C(C)C[C@]3(O)C(F)(F)F)cccc2n1. The summed E-state index contributed by atoms with van der Waals surface area (Å²) in [7, 11) is 0. The first-order chi connectivity index (χ1) is 14.4. The first-order valence-corrected chi connectivity index (χ1v) is 9.80. The summed E-state index contributed by atoms with van der Waals surface area (Å²) in [5.41, 5.74) is -2.63. The molecule has 0 bridgehead atoms. The monoisotopic (exact) mass is 455 g/mol. The number of halogens is 5. The van der Waals surface area contributed by atoms with Gasteiger partial charge in [-0.3, -0.25) is 0 Å². The smallest absolute Gasteiger partial charge is 0.419 e. The van der Waals surface area contributed by atoms with Crippen LogP contribution in [0.25, 0.3) is 10.9 Å². The number of phenols is 1. The number of nitrogens with one attached hydrogen (secondary N) is 1. The molecule has 5 nitrogen and oxygen atoms in total. The Balaban J connectivity index is 1.95. The van der Waals surface area contributed by atoms with Crippen LogP contribution in [0.2, 0.25) is 5.02 Å². The molecule has 0 spiro atoms. The van der Waals surface area contributed by atoms with E-state index in [1.807, 2.05) is 0 Å². The standard InChI is InChI=1S/C21H18ClF4N3O2/c1-9-7-20(31,21(24,25)26)19(11-6-13(22)17(23)18(30)16(9)11)29-15-5-3-4-14-12(15)8-27-10(2)28-14/h3-6,8-9,19,29-31H,7H2,1-2H3/t9?,19?,20-/m1/s1. The number of phenolic OH excluding ortho intramolecular Hbond substituents is 1. The number of fused-ring (bicyclic) bond motifs is 2. The highest BCUT2D eigenvalue weighted by Gasteiger charge is 2.62. The summed E-state index contributed by atoms with van der Waals surface area (Å²) in [6, 6.07) is 4.06. The maximum Gasteiger partial charge on any atom is 0.419 e. The molecule has 2 aromatic carbocycles. The molecule has 3 N–H and O–H groups in total.